The van der Waals surface area contributed by atoms with E-state index in [1.165, 1.54) is 6.07 Å². The molecule has 19 heavy (non-hydrogen) atoms. The summed E-state index contributed by atoms with van der Waals surface area (Å²) in [7, 11) is 0. The Morgan fingerprint density at radius 3 is 2.53 bits per heavy atom. The average Bonchev–Trinajstić information content (AvgIpc) is 2.39. The van der Waals surface area contributed by atoms with Crippen LogP contribution in [0.4, 0.5) is 5.69 Å². The molecule has 0 bridgehead atoms. The van der Waals surface area contributed by atoms with E-state index in [0.717, 1.165) is 5.56 Å². The quantitative estimate of drug-likeness (QED) is 0.449. The van der Waals surface area contributed by atoms with Crippen molar-refractivity contribution >= 4 is 33.2 Å². The third-order valence-electron chi connectivity index (χ3n) is 2.49. The van der Waals surface area contributed by atoms with Crippen molar-refractivity contribution in [1.29, 1.82) is 0 Å². The summed E-state index contributed by atoms with van der Waals surface area (Å²) in [5.74, 6) is 0.690. The lowest BCUT2D eigenvalue weighted by atomic mass is 10.2. The van der Waals surface area contributed by atoms with Gasteiger partial charge in [0, 0.05) is 22.0 Å². The Labute approximate surface area is 123 Å². The molecule has 6 heteroatoms. The predicted octanol–water partition coefficient (Wildman–Crippen LogP) is 4.94. The molecule has 0 saturated heterocycles. The number of ether oxygens (including phenoxy) is 1. The minimum atomic E-state index is -0.478. The van der Waals surface area contributed by atoms with Gasteiger partial charge in [-0.1, -0.05) is 45.7 Å². The molecule has 2 rings (SSSR count). The summed E-state index contributed by atoms with van der Waals surface area (Å²) in [5, 5.41) is 12.0. The Morgan fingerprint density at radius 1 is 1.16 bits per heavy atom. The number of para-hydroxylation sites is 2. The molecule has 0 fully saturated rings. The average molecular weight is 343 g/mol. The van der Waals surface area contributed by atoms with Gasteiger partial charge in [0.15, 0.2) is 0 Å². The van der Waals surface area contributed by atoms with Crippen LogP contribution >= 0.6 is 27.5 Å². The molecule has 0 unspecified atom stereocenters. The van der Waals surface area contributed by atoms with Gasteiger partial charge in [0.05, 0.1) is 4.92 Å². The molecule has 0 aliphatic rings. The van der Waals surface area contributed by atoms with Crippen LogP contribution in [0.15, 0.2) is 42.5 Å². The molecule has 4 nitrogen and oxygen atoms in total. The van der Waals surface area contributed by atoms with E-state index in [0.29, 0.717) is 16.1 Å². The van der Waals surface area contributed by atoms with E-state index < -0.39 is 4.92 Å². The zero-order valence-electron chi connectivity index (χ0n) is 9.68. The number of nitrogens with zero attached hydrogens (tertiary/aromatic N) is 1. The van der Waals surface area contributed by atoms with Gasteiger partial charge in [-0.2, -0.15) is 0 Å². The van der Waals surface area contributed by atoms with Crippen LogP contribution in [0, 0.1) is 10.1 Å². The number of alkyl halides is 1. The largest absolute Gasteiger partial charge is 0.450 e. The Morgan fingerprint density at radius 2 is 1.84 bits per heavy atom. The van der Waals surface area contributed by atoms with E-state index in [9.17, 15) is 10.1 Å². The monoisotopic (exact) mass is 341 g/mol. The predicted molar refractivity (Wildman–Crippen MR) is 77.3 cm³/mol. The van der Waals surface area contributed by atoms with E-state index in [1.54, 1.807) is 36.4 Å². The molecule has 0 aliphatic heterocycles. The highest BCUT2D eigenvalue weighted by Crippen LogP contribution is 2.35. The molecular weight excluding hydrogens is 334 g/mol. The number of nitro groups is 1. The van der Waals surface area contributed by atoms with Crippen LogP contribution in [0.5, 0.6) is 11.5 Å². The van der Waals surface area contributed by atoms with Crippen molar-refractivity contribution in [2.45, 2.75) is 5.33 Å². The van der Waals surface area contributed by atoms with Gasteiger partial charge < -0.3 is 4.74 Å². The van der Waals surface area contributed by atoms with Gasteiger partial charge in [0.2, 0.25) is 5.75 Å². The molecule has 98 valence electrons. The molecule has 2 aromatic carbocycles. The molecule has 0 atom stereocenters. The summed E-state index contributed by atoms with van der Waals surface area (Å²) in [5.41, 5.74) is 0.672. The van der Waals surface area contributed by atoms with E-state index >= 15 is 0 Å². The van der Waals surface area contributed by atoms with Crippen molar-refractivity contribution in [1.82, 2.24) is 0 Å². The van der Waals surface area contributed by atoms with E-state index in [1.807, 2.05) is 0 Å². The lowest BCUT2D eigenvalue weighted by Crippen LogP contribution is -1.95. The van der Waals surface area contributed by atoms with Crippen molar-refractivity contribution in [3.05, 3.63) is 63.2 Å². The van der Waals surface area contributed by atoms with Gasteiger partial charge in [-0.25, -0.2) is 0 Å². The van der Waals surface area contributed by atoms with Crippen molar-refractivity contribution < 1.29 is 9.66 Å². The molecule has 0 amide bonds. The normalized spacial score (nSPS) is 10.2. The second-order valence-electron chi connectivity index (χ2n) is 3.68. The maximum Gasteiger partial charge on any atom is 0.311 e. The number of benzene rings is 2. The molecule has 2 aromatic rings. The number of hydrogen-bond acceptors (Lipinski definition) is 3. The molecule has 0 aromatic heterocycles. The molecule has 0 heterocycles. The molecular formula is C13H9BrClNO3. The van der Waals surface area contributed by atoms with Crippen LogP contribution in [-0.4, -0.2) is 4.92 Å². The Kier molecular flexibility index (Phi) is 4.39. The molecule has 0 radical (unpaired) electrons. The molecule has 0 saturated carbocycles. The van der Waals surface area contributed by atoms with Gasteiger partial charge in [-0.3, -0.25) is 10.1 Å². The summed E-state index contributed by atoms with van der Waals surface area (Å²) >= 11 is 9.38. The van der Waals surface area contributed by atoms with Gasteiger partial charge in [0.1, 0.15) is 5.75 Å². The first kappa shape index (κ1) is 13.8. The summed E-state index contributed by atoms with van der Waals surface area (Å²) in [6, 6.07) is 11.4. The second-order valence-corrected chi connectivity index (χ2v) is 4.64. The van der Waals surface area contributed by atoms with Gasteiger partial charge in [0.25, 0.3) is 0 Å². The van der Waals surface area contributed by atoms with Crippen molar-refractivity contribution in [2.24, 2.45) is 0 Å². The lowest BCUT2D eigenvalue weighted by molar-refractivity contribution is -0.385. The summed E-state index contributed by atoms with van der Waals surface area (Å²) in [6.07, 6.45) is 0. The van der Waals surface area contributed by atoms with Crippen molar-refractivity contribution in [3.63, 3.8) is 0 Å². The highest BCUT2D eigenvalue weighted by atomic mass is 79.9. The fourth-order valence-electron chi connectivity index (χ4n) is 1.58. The first-order valence-corrected chi connectivity index (χ1v) is 6.88. The lowest BCUT2D eigenvalue weighted by Gasteiger charge is -2.10. The summed E-state index contributed by atoms with van der Waals surface area (Å²) in [6.45, 7) is 0. The molecule has 0 aliphatic carbocycles. The zero-order chi connectivity index (χ0) is 13.8. The third-order valence-corrected chi connectivity index (χ3v) is 3.41. The molecule has 0 N–H and O–H groups in total. The minimum absolute atomic E-state index is 0.0806. The first-order valence-electron chi connectivity index (χ1n) is 5.38. The van der Waals surface area contributed by atoms with Gasteiger partial charge in [-0.05, 0) is 18.2 Å². The van der Waals surface area contributed by atoms with Gasteiger partial charge >= 0.3 is 5.69 Å². The standard InChI is InChI=1S/C13H9BrClNO3/c14-8-9-10(15)4-3-7-12(9)19-13-6-2-1-5-11(13)16(17)18/h1-7H,8H2. The number of rotatable bonds is 4. The van der Waals surface area contributed by atoms with Crippen molar-refractivity contribution in [3.8, 4) is 11.5 Å². The third kappa shape index (κ3) is 3.05. The number of halogens is 2. The van der Waals surface area contributed by atoms with Gasteiger partial charge in [-0.15, -0.1) is 0 Å². The van der Waals surface area contributed by atoms with Crippen LogP contribution in [0.25, 0.3) is 0 Å². The molecule has 0 spiro atoms. The van der Waals surface area contributed by atoms with Crippen LogP contribution < -0.4 is 4.74 Å². The van der Waals surface area contributed by atoms with Crippen LogP contribution in [-0.2, 0) is 5.33 Å². The van der Waals surface area contributed by atoms with E-state index in [4.69, 9.17) is 16.3 Å². The maximum absolute atomic E-state index is 10.9. The summed E-state index contributed by atoms with van der Waals surface area (Å²) in [4.78, 5) is 10.4. The topological polar surface area (TPSA) is 52.4 Å². The maximum atomic E-state index is 10.9. The highest BCUT2D eigenvalue weighted by Gasteiger charge is 2.16. The van der Waals surface area contributed by atoms with Crippen LogP contribution in [0.1, 0.15) is 5.56 Å². The number of nitro benzene ring substituents is 1. The zero-order valence-corrected chi connectivity index (χ0v) is 12.0. The Bertz CT molecular complexity index is 619. The highest BCUT2D eigenvalue weighted by molar-refractivity contribution is 9.08. The van der Waals surface area contributed by atoms with E-state index in [-0.39, 0.29) is 11.4 Å². The minimum Gasteiger partial charge on any atom is -0.450 e. The second kappa shape index (κ2) is 6.04. The smallest absolute Gasteiger partial charge is 0.311 e. The summed E-state index contributed by atoms with van der Waals surface area (Å²) < 4.78 is 5.62. The fourth-order valence-corrected chi connectivity index (χ4v) is 2.55. The number of hydrogen-bond donors (Lipinski definition) is 0. The van der Waals surface area contributed by atoms with Crippen LogP contribution in [0.2, 0.25) is 5.02 Å². The first-order chi connectivity index (χ1) is 9.13. The Balaban J connectivity index is 2.42. The van der Waals surface area contributed by atoms with E-state index in [2.05, 4.69) is 15.9 Å². The van der Waals surface area contributed by atoms with Crippen LogP contribution in [0.3, 0.4) is 0 Å². The Hall–Kier alpha value is -1.59. The van der Waals surface area contributed by atoms with Crippen molar-refractivity contribution in [2.75, 3.05) is 0 Å². The SMILES string of the molecule is O=[N+]([O-])c1ccccc1Oc1cccc(Cl)c1CBr. The fraction of sp³-hybridized carbons (Fsp3) is 0.0769.